The van der Waals surface area contributed by atoms with Gasteiger partial charge in [0, 0.05) is 22.7 Å². The molecule has 7 atom stereocenters. The first-order valence-corrected chi connectivity index (χ1v) is 12.5. The molecular formula is C23H42O2S. The molecule has 152 valence electrons. The first-order chi connectivity index (χ1) is 12.1. The number of carbonyl (C=O) groups is 1. The Bertz CT molecular complexity index is 429. The maximum absolute atomic E-state index is 12.0. The van der Waals surface area contributed by atoms with Gasteiger partial charge in [-0.25, -0.2) is 0 Å². The summed E-state index contributed by atoms with van der Waals surface area (Å²) in [4.78, 5) is 12.0. The Kier molecular flexibility index (Phi) is 7.95. The van der Waals surface area contributed by atoms with Gasteiger partial charge in [0.05, 0.1) is 5.97 Å². The summed E-state index contributed by atoms with van der Waals surface area (Å²) in [6, 6.07) is 0. The van der Waals surface area contributed by atoms with Crippen LogP contribution in [0.4, 0.5) is 0 Å². The van der Waals surface area contributed by atoms with Crippen molar-refractivity contribution in [2.24, 2.45) is 35.5 Å². The van der Waals surface area contributed by atoms with Crippen LogP contribution in [-0.4, -0.2) is 21.7 Å². The zero-order valence-corrected chi connectivity index (χ0v) is 19.0. The molecule has 2 aliphatic carbocycles. The average molecular weight is 383 g/mol. The number of carbonyl (C=O) groups excluding carboxylic acids is 1. The number of carboxylic acid groups (broad SMARTS) is 1. The van der Waals surface area contributed by atoms with E-state index in [0.717, 1.165) is 11.8 Å². The zero-order chi connectivity index (χ0) is 19.6. The number of hydrogen-bond acceptors (Lipinski definition) is 2. The summed E-state index contributed by atoms with van der Waals surface area (Å²) in [5.74, 6) is 3.32. The molecule has 0 aromatic carbocycles. The molecule has 0 saturated heterocycles. The van der Waals surface area contributed by atoms with Gasteiger partial charge in [0.1, 0.15) is 10.5 Å². The van der Waals surface area contributed by atoms with Crippen molar-refractivity contribution in [2.45, 2.75) is 103 Å². The maximum Gasteiger partial charge on any atom is 0.155 e. The summed E-state index contributed by atoms with van der Waals surface area (Å²) in [7, 11) is -0.0769. The molecule has 2 rings (SSSR count). The number of aliphatic carboxylic acids is 1. The summed E-state index contributed by atoms with van der Waals surface area (Å²) >= 11 is 0. The second kappa shape index (κ2) is 9.34. The lowest BCUT2D eigenvalue weighted by Gasteiger charge is -2.45. The molecule has 3 heteroatoms. The van der Waals surface area contributed by atoms with Crippen molar-refractivity contribution in [1.82, 2.24) is 0 Å². The van der Waals surface area contributed by atoms with Gasteiger partial charge in [0.15, 0.2) is 5.25 Å². The minimum absolute atomic E-state index is 0.0769. The maximum atomic E-state index is 12.0. The van der Waals surface area contributed by atoms with Crippen LogP contribution in [-0.2, 0) is 15.7 Å². The molecule has 0 aliphatic heterocycles. The van der Waals surface area contributed by atoms with E-state index in [-0.39, 0.29) is 16.1 Å². The molecular weight excluding hydrogens is 340 g/mol. The van der Waals surface area contributed by atoms with Crippen molar-refractivity contribution in [3.63, 3.8) is 0 Å². The molecule has 2 aliphatic rings. The number of carboxylic acids is 1. The fraction of sp³-hybridized carbons (Fsp3) is 0.957. The molecule has 0 amide bonds. The van der Waals surface area contributed by atoms with Crippen molar-refractivity contribution in [2.75, 3.05) is 0 Å². The topological polar surface area (TPSA) is 40.1 Å². The van der Waals surface area contributed by atoms with Crippen molar-refractivity contribution >= 4 is 16.9 Å². The van der Waals surface area contributed by atoms with Crippen molar-refractivity contribution in [3.8, 4) is 0 Å². The third-order valence-electron chi connectivity index (χ3n) is 7.36. The highest BCUT2D eigenvalue weighted by molar-refractivity contribution is 7.99. The van der Waals surface area contributed by atoms with Gasteiger partial charge in [-0.2, -0.15) is 0 Å². The Morgan fingerprint density at radius 2 is 1.19 bits per heavy atom. The third kappa shape index (κ3) is 5.00. The van der Waals surface area contributed by atoms with Crippen LogP contribution in [0.5, 0.6) is 0 Å². The molecule has 2 saturated carbocycles. The molecule has 2 fully saturated rings. The standard InChI is InChI=1S/C23H42O2S/c1-14(2)19-10-8-16(5)12-21(19)26(18(7)23(24)25)22-13-17(6)9-11-20(22)15(3)4/h14-22H,8-13H2,1-7H3. The molecule has 0 aromatic heterocycles. The SMILES string of the molecule is CC1CCC(C(C)C)C([S+](C(C)C(=O)[O-])C2CC(C)CCC2C(C)C)C1. The zero-order valence-electron chi connectivity index (χ0n) is 18.2. The molecule has 7 unspecified atom stereocenters. The molecule has 0 spiro atoms. The summed E-state index contributed by atoms with van der Waals surface area (Å²) in [5, 5.41) is 12.9. The van der Waals surface area contributed by atoms with E-state index in [9.17, 15) is 9.90 Å². The van der Waals surface area contributed by atoms with Gasteiger partial charge < -0.3 is 9.90 Å². The van der Waals surface area contributed by atoms with Gasteiger partial charge in [-0.05, 0) is 56.3 Å². The summed E-state index contributed by atoms with van der Waals surface area (Å²) in [5.41, 5.74) is 0. The molecule has 0 N–H and O–H groups in total. The van der Waals surface area contributed by atoms with E-state index in [2.05, 4.69) is 41.5 Å². The minimum atomic E-state index is -0.810. The Morgan fingerprint density at radius 1 is 0.808 bits per heavy atom. The van der Waals surface area contributed by atoms with Crippen LogP contribution in [0.25, 0.3) is 0 Å². The normalized spacial score (nSPS) is 38.3. The van der Waals surface area contributed by atoms with E-state index in [4.69, 9.17) is 0 Å². The lowest BCUT2D eigenvalue weighted by molar-refractivity contribution is -0.304. The monoisotopic (exact) mass is 382 g/mol. The minimum Gasteiger partial charge on any atom is -0.545 e. The average Bonchev–Trinajstić information content (AvgIpc) is 2.54. The van der Waals surface area contributed by atoms with Crippen LogP contribution in [0.15, 0.2) is 0 Å². The summed E-state index contributed by atoms with van der Waals surface area (Å²) < 4.78 is 0. The van der Waals surface area contributed by atoms with Crippen molar-refractivity contribution < 1.29 is 9.90 Å². The quantitative estimate of drug-likeness (QED) is 0.627. The van der Waals surface area contributed by atoms with E-state index in [1.807, 2.05) is 6.92 Å². The van der Waals surface area contributed by atoms with E-state index in [0.29, 0.717) is 34.2 Å². The fourth-order valence-electron chi connectivity index (χ4n) is 5.72. The molecule has 0 aromatic rings. The lowest BCUT2D eigenvalue weighted by atomic mass is 9.76. The Balaban J connectivity index is 2.41. The van der Waals surface area contributed by atoms with Crippen LogP contribution in [0.3, 0.4) is 0 Å². The first kappa shape index (κ1) is 22.1. The highest BCUT2D eigenvalue weighted by atomic mass is 32.2. The van der Waals surface area contributed by atoms with Gasteiger partial charge in [0.2, 0.25) is 0 Å². The second-order valence-corrected chi connectivity index (χ2v) is 12.8. The Morgan fingerprint density at radius 3 is 1.50 bits per heavy atom. The van der Waals surface area contributed by atoms with Crippen molar-refractivity contribution in [1.29, 1.82) is 0 Å². The van der Waals surface area contributed by atoms with E-state index >= 15 is 0 Å². The molecule has 0 radical (unpaired) electrons. The van der Waals surface area contributed by atoms with Gasteiger partial charge in [-0.3, -0.25) is 0 Å². The highest BCUT2D eigenvalue weighted by Crippen LogP contribution is 2.46. The van der Waals surface area contributed by atoms with Crippen LogP contribution < -0.4 is 5.11 Å². The molecule has 2 nitrogen and oxygen atoms in total. The fourth-order valence-corrected chi connectivity index (χ4v) is 10.2. The Hall–Kier alpha value is -0.180. The van der Waals surface area contributed by atoms with Crippen LogP contribution in [0, 0.1) is 35.5 Å². The predicted molar refractivity (Wildman–Crippen MR) is 112 cm³/mol. The second-order valence-electron chi connectivity index (χ2n) is 10.1. The van der Waals surface area contributed by atoms with Gasteiger partial charge >= 0.3 is 0 Å². The lowest BCUT2D eigenvalue weighted by Crippen LogP contribution is -2.55. The smallest absolute Gasteiger partial charge is 0.155 e. The summed E-state index contributed by atoms with van der Waals surface area (Å²) in [6.07, 6.45) is 7.62. The number of hydrogen-bond donors (Lipinski definition) is 0. The van der Waals surface area contributed by atoms with Gasteiger partial charge in [-0.1, -0.05) is 54.4 Å². The van der Waals surface area contributed by atoms with Crippen molar-refractivity contribution in [3.05, 3.63) is 0 Å². The Labute approximate surface area is 165 Å². The van der Waals surface area contributed by atoms with E-state index in [1.54, 1.807) is 0 Å². The van der Waals surface area contributed by atoms with Crippen LogP contribution in [0.2, 0.25) is 0 Å². The summed E-state index contributed by atoms with van der Waals surface area (Å²) in [6.45, 7) is 16.1. The molecule has 26 heavy (non-hydrogen) atoms. The van der Waals surface area contributed by atoms with E-state index in [1.165, 1.54) is 38.5 Å². The van der Waals surface area contributed by atoms with E-state index < -0.39 is 5.97 Å². The predicted octanol–water partition coefficient (Wildman–Crippen LogP) is 4.66. The van der Waals surface area contributed by atoms with Crippen LogP contribution in [0.1, 0.15) is 87.0 Å². The molecule has 0 heterocycles. The largest absolute Gasteiger partial charge is 0.545 e. The van der Waals surface area contributed by atoms with Gasteiger partial charge in [-0.15, -0.1) is 0 Å². The number of rotatable bonds is 6. The van der Waals surface area contributed by atoms with Gasteiger partial charge in [0.25, 0.3) is 0 Å². The van der Waals surface area contributed by atoms with Crippen LogP contribution >= 0.6 is 0 Å². The first-order valence-electron chi connectivity index (χ1n) is 11.0. The highest BCUT2D eigenvalue weighted by Gasteiger charge is 2.53. The third-order valence-corrected chi connectivity index (χ3v) is 10.9. The molecule has 0 bridgehead atoms.